The number of rotatable bonds is 11. The molecule has 11 nitrogen and oxygen atoms in total. The fraction of sp³-hybridized carbons (Fsp3) is 0.235. The van der Waals surface area contributed by atoms with Crippen molar-refractivity contribution in [2.75, 3.05) is 58.5 Å². The van der Waals surface area contributed by atoms with Gasteiger partial charge in [0.25, 0.3) is 0 Å². The topological polar surface area (TPSA) is 144 Å². The fourth-order valence-electron chi connectivity index (χ4n) is 5.09. The molecule has 0 spiro atoms. The van der Waals surface area contributed by atoms with E-state index in [2.05, 4.69) is 35.7 Å². The lowest BCUT2D eigenvalue weighted by Gasteiger charge is -2.13. The van der Waals surface area contributed by atoms with E-state index < -0.39 is 0 Å². The van der Waals surface area contributed by atoms with Gasteiger partial charge in [-0.15, -0.1) is 0 Å². The first-order valence-electron chi connectivity index (χ1n) is 14.9. The van der Waals surface area contributed by atoms with Crippen LogP contribution in [0.15, 0.2) is 60.9 Å². The van der Waals surface area contributed by atoms with E-state index in [1.54, 1.807) is 11.1 Å². The Morgan fingerprint density at radius 2 is 1.89 bits per heavy atom. The quantitative estimate of drug-likeness (QED) is 0.151. The third-order valence-corrected chi connectivity index (χ3v) is 7.25. The number of aromatic nitrogens is 5. The van der Waals surface area contributed by atoms with Crippen molar-refractivity contribution in [1.82, 2.24) is 34.9 Å². The van der Waals surface area contributed by atoms with Crippen LogP contribution in [0.2, 0.25) is 0 Å². The minimum atomic E-state index is -0.343. The van der Waals surface area contributed by atoms with Crippen molar-refractivity contribution in [2.45, 2.75) is 6.92 Å². The molecule has 6 N–H and O–H groups in total. The summed E-state index contributed by atoms with van der Waals surface area (Å²) in [4.78, 5) is 28.8. The van der Waals surface area contributed by atoms with Crippen molar-refractivity contribution in [3.8, 4) is 22.6 Å². The van der Waals surface area contributed by atoms with Crippen LogP contribution in [0.25, 0.3) is 51.5 Å². The first-order chi connectivity index (χ1) is 22.1. The summed E-state index contributed by atoms with van der Waals surface area (Å²) >= 11 is 0. The smallest absolute Gasteiger partial charge is 0.238 e. The van der Waals surface area contributed by atoms with Crippen LogP contribution in [0.4, 0.5) is 15.8 Å². The van der Waals surface area contributed by atoms with Gasteiger partial charge in [-0.2, -0.15) is 5.10 Å². The summed E-state index contributed by atoms with van der Waals surface area (Å²) < 4.78 is 14.7. The SMILES string of the molecule is C\C=c1/[nH]nc(-c2nc3nccc(-c4cc(F)cc(NCCN(C)C)c4)c3[nH]2)/c1=C/C(=C\N)c1cccc(NC(=O)CN(C)C)c1. The number of fused-ring (bicyclic) bond motifs is 1. The number of benzene rings is 2. The first kappa shape index (κ1) is 32.1. The molecule has 0 aliphatic heterocycles. The average molecular weight is 623 g/mol. The predicted molar refractivity (Wildman–Crippen MR) is 184 cm³/mol. The van der Waals surface area contributed by atoms with E-state index in [1.807, 2.05) is 83.7 Å². The molecule has 5 rings (SSSR count). The van der Waals surface area contributed by atoms with Crippen LogP contribution in [0.1, 0.15) is 12.5 Å². The minimum absolute atomic E-state index is 0.114. The summed E-state index contributed by atoms with van der Waals surface area (Å²) in [5, 5.41) is 15.4. The summed E-state index contributed by atoms with van der Waals surface area (Å²) in [7, 11) is 7.67. The van der Waals surface area contributed by atoms with Gasteiger partial charge in [-0.3, -0.25) is 9.89 Å². The third-order valence-electron chi connectivity index (χ3n) is 7.25. The summed E-state index contributed by atoms with van der Waals surface area (Å²) in [6, 6.07) is 14.2. The van der Waals surface area contributed by atoms with Gasteiger partial charge in [-0.05, 0) is 94.3 Å². The molecule has 12 heteroatoms. The molecule has 0 bridgehead atoms. The second-order valence-electron chi connectivity index (χ2n) is 11.4. The van der Waals surface area contributed by atoms with E-state index >= 15 is 0 Å². The second kappa shape index (κ2) is 14.2. The average Bonchev–Trinajstić information content (AvgIpc) is 3.62. The van der Waals surface area contributed by atoms with E-state index in [1.165, 1.54) is 18.3 Å². The molecule has 5 aromatic rings. The molecule has 2 aromatic carbocycles. The Morgan fingerprint density at radius 3 is 2.63 bits per heavy atom. The standard InChI is InChI=1S/C34H39FN10O/c1-6-29-28(17-23(19-36)21-8-7-9-25(15-21)39-30(46)20-45(4)5)32(43-42-29)34-40-31-27(10-11-38-33(31)41-34)22-14-24(35)18-26(16-22)37-12-13-44(2)3/h6-11,14-19,37,42H,12-13,20,36H2,1-5H3,(H,39,46)(H,38,40,41)/b23-19+,28-17+,29-6-. The number of H-pyrrole nitrogens is 2. The van der Waals surface area contributed by atoms with Crippen molar-refractivity contribution in [1.29, 1.82) is 0 Å². The molecule has 3 heterocycles. The lowest BCUT2D eigenvalue weighted by atomic mass is 10.0. The Balaban J connectivity index is 1.53. The zero-order valence-corrected chi connectivity index (χ0v) is 26.6. The number of aromatic amines is 2. The number of likely N-dealkylation sites (N-methyl/N-ethyl adjacent to an activating group) is 2. The predicted octanol–water partition coefficient (Wildman–Crippen LogP) is 3.21. The van der Waals surface area contributed by atoms with Gasteiger partial charge < -0.3 is 31.2 Å². The van der Waals surface area contributed by atoms with Gasteiger partial charge in [0.15, 0.2) is 11.5 Å². The highest BCUT2D eigenvalue weighted by Gasteiger charge is 2.16. The Kier molecular flexibility index (Phi) is 9.89. The number of allylic oxidation sites excluding steroid dienone is 1. The van der Waals surface area contributed by atoms with Gasteiger partial charge in [-0.25, -0.2) is 14.4 Å². The lowest BCUT2D eigenvalue weighted by Crippen LogP contribution is -2.27. The van der Waals surface area contributed by atoms with Crippen LogP contribution < -0.4 is 26.9 Å². The molecule has 0 aliphatic rings. The maximum atomic E-state index is 14.7. The van der Waals surface area contributed by atoms with E-state index in [-0.39, 0.29) is 18.3 Å². The van der Waals surface area contributed by atoms with Crippen molar-refractivity contribution in [3.05, 3.63) is 82.9 Å². The molecule has 0 unspecified atom stereocenters. The highest BCUT2D eigenvalue weighted by atomic mass is 19.1. The van der Waals surface area contributed by atoms with Crippen LogP contribution in [-0.2, 0) is 4.79 Å². The number of nitrogens with two attached hydrogens (primary N) is 1. The summed E-state index contributed by atoms with van der Waals surface area (Å²) in [5.41, 5.74) is 12.2. The number of halogens is 1. The Hall–Kier alpha value is -5.33. The van der Waals surface area contributed by atoms with E-state index in [9.17, 15) is 9.18 Å². The van der Waals surface area contributed by atoms with Gasteiger partial charge >= 0.3 is 0 Å². The molecule has 0 fully saturated rings. The number of pyridine rings is 1. The Labute approximate surface area is 266 Å². The number of hydrogen-bond acceptors (Lipinski definition) is 8. The monoisotopic (exact) mass is 622 g/mol. The minimum Gasteiger partial charge on any atom is -0.404 e. The normalized spacial score (nSPS) is 12.9. The van der Waals surface area contributed by atoms with Crippen molar-refractivity contribution in [2.24, 2.45) is 5.73 Å². The van der Waals surface area contributed by atoms with Crippen LogP contribution in [0.3, 0.4) is 0 Å². The number of imidazole rings is 1. The van der Waals surface area contributed by atoms with Crippen LogP contribution in [0.5, 0.6) is 0 Å². The molecule has 0 aliphatic carbocycles. The van der Waals surface area contributed by atoms with Gasteiger partial charge in [-0.1, -0.05) is 18.2 Å². The molecule has 0 saturated carbocycles. The van der Waals surface area contributed by atoms with Gasteiger partial charge in [0.1, 0.15) is 11.5 Å². The zero-order valence-electron chi connectivity index (χ0n) is 26.6. The maximum absolute atomic E-state index is 14.7. The van der Waals surface area contributed by atoms with Gasteiger partial charge in [0.2, 0.25) is 5.91 Å². The molecule has 0 saturated heterocycles. The summed E-state index contributed by atoms with van der Waals surface area (Å²) in [6.45, 7) is 3.68. The zero-order chi connectivity index (χ0) is 32.8. The molecule has 0 radical (unpaired) electrons. The first-order valence-corrected chi connectivity index (χ1v) is 14.9. The van der Waals surface area contributed by atoms with Crippen LogP contribution in [0, 0.1) is 5.82 Å². The number of amides is 1. The van der Waals surface area contributed by atoms with Crippen molar-refractivity contribution >= 4 is 46.2 Å². The molecule has 46 heavy (non-hydrogen) atoms. The summed E-state index contributed by atoms with van der Waals surface area (Å²) in [6.07, 6.45) is 7.02. The van der Waals surface area contributed by atoms with E-state index in [0.29, 0.717) is 46.2 Å². The lowest BCUT2D eigenvalue weighted by molar-refractivity contribution is -0.116. The number of nitrogens with one attached hydrogen (secondary N) is 4. The number of carbonyl (C=O) groups excluding carboxylic acids is 1. The van der Waals surface area contributed by atoms with Crippen LogP contribution in [-0.4, -0.2) is 88.7 Å². The van der Waals surface area contributed by atoms with E-state index in [4.69, 9.17) is 10.7 Å². The van der Waals surface area contributed by atoms with Gasteiger partial charge in [0, 0.05) is 47.6 Å². The second-order valence-corrected chi connectivity index (χ2v) is 11.4. The number of carbonyl (C=O) groups is 1. The number of hydrogen-bond donors (Lipinski definition) is 5. The Bertz CT molecular complexity index is 2010. The van der Waals surface area contributed by atoms with E-state index in [0.717, 1.165) is 33.8 Å². The maximum Gasteiger partial charge on any atom is 0.238 e. The third kappa shape index (κ3) is 7.48. The molecule has 1 amide bonds. The number of nitrogens with zero attached hydrogens (tertiary/aromatic N) is 5. The van der Waals surface area contributed by atoms with Crippen LogP contribution >= 0.6 is 0 Å². The molecule has 238 valence electrons. The van der Waals surface area contributed by atoms with Gasteiger partial charge in [0.05, 0.1) is 17.4 Å². The van der Waals surface area contributed by atoms with Crippen molar-refractivity contribution < 1.29 is 9.18 Å². The van der Waals surface area contributed by atoms with Crippen molar-refractivity contribution in [3.63, 3.8) is 0 Å². The molecule has 0 atom stereocenters. The molecular formula is C34H39FN10O. The largest absolute Gasteiger partial charge is 0.404 e. The molecular weight excluding hydrogens is 583 g/mol. The summed E-state index contributed by atoms with van der Waals surface area (Å²) in [5.74, 6) is 0.0361. The number of anilines is 2. The highest BCUT2D eigenvalue weighted by molar-refractivity contribution is 5.95. The molecule has 3 aromatic heterocycles. The highest BCUT2D eigenvalue weighted by Crippen LogP contribution is 2.30. The Morgan fingerprint density at radius 1 is 1.07 bits per heavy atom. The fourth-order valence-corrected chi connectivity index (χ4v) is 5.09.